The fraction of sp³-hybridized carbons (Fsp3) is 0.455. The van der Waals surface area contributed by atoms with Crippen LogP contribution >= 0.6 is 27.3 Å². The molecule has 2 amide bonds. The first-order valence-corrected chi connectivity index (χ1v) is 7.12. The van der Waals surface area contributed by atoms with Gasteiger partial charge in [0.1, 0.15) is 0 Å². The average Bonchev–Trinajstić information content (AvgIpc) is 2.71. The predicted octanol–water partition coefficient (Wildman–Crippen LogP) is 2.56. The van der Waals surface area contributed by atoms with Crippen LogP contribution < -0.4 is 10.6 Å². The number of urea groups is 1. The molecule has 1 rings (SSSR count). The van der Waals surface area contributed by atoms with Crippen molar-refractivity contribution in [3.05, 3.63) is 20.8 Å². The number of amides is 2. The molecule has 0 saturated carbocycles. The summed E-state index contributed by atoms with van der Waals surface area (Å²) in [6.07, 6.45) is 0.527. The molecule has 1 heterocycles. The van der Waals surface area contributed by atoms with E-state index in [1.54, 1.807) is 11.3 Å². The van der Waals surface area contributed by atoms with Crippen molar-refractivity contribution in [1.29, 1.82) is 0 Å². The van der Waals surface area contributed by atoms with Gasteiger partial charge in [-0.25, -0.2) is 4.79 Å². The molecule has 1 atom stereocenters. The number of hydrogen-bond acceptors (Lipinski definition) is 3. The summed E-state index contributed by atoms with van der Waals surface area (Å²) >= 11 is 4.89. The molecule has 0 aliphatic rings. The fourth-order valence-electron chi connectivity index (χ4n) is 1.36. The van der Waals surface area contributed by atoms with Gasteiger partial charge in [0.05, 0.1) is 16.8 Å². The summed E-state index contributed by atoms with van der Waals surface area (Å²) in [5.41, 5.74) is 0. The molecule has 0 bridgehead atoms. The van der Waals surface area contributed by atoms with Crippen LogP contribution in [0.25, 0.3) is 0 Å². The molecule has 0 spiro atoms. The van der Waals surface area contributed by atoms with E-state index in [0.717, 1.165) is 8.66 Å². The summed E-state index contributed by atoms with van der Waals surface area (Å²) in [5.74, 6) is -0.913. The molecule has 0 radical (unpaired) electrons. The lowest BCUT2D eigenvalue weighted by molar-refractivity contribution is -0.137. The molecule has 100 valence electrons. The third-order valence-electron chi connectivity index (χ3n) is 2.30. The molecular weight excluding hydrogens is 320 g/mol. The first kappa shape index (κ1) is 15.0. The first-order chi connectivity index (χ1) is 8.51. The number of hydrogen-bond donors (Lipinski definition) is 3. The van der Waals surface area contributed by atoms with E-state index in [0.29, 0.717) is 13.0 Å². The highest BCUT2D eigenvalue weighted by Gasteiger charge is 2.13. The minimum absolute atomic E-state index is 0.0610. The Morgan fingerprint density at radius 3 is 2.72 bits per heavy atom. The van der Waals surface area contributed by atoms with E-state index in [9.17, 15) is 9.59 Å². The molecule has 0 aliphatic heterocycles. The third-order valence-corrected chi connectivity index (χ3v) is 3.92. The zero-order chi connectivity index (χ0) is 13.5. The highest BCUT2D eigenvalue weighted by atomic mass is 79.9. The van der Waals surface area contributed by atoms with Crippen LogP contribution in [0, 0.1) is 0 Å². The van der Waals surface area contributed by atoms with E-state index in [4.69, 9.17) is 5.11 Å². The van der Waals surface area contributed by atoms with Crippen molar-refractivity contribution < 1.29 is 14.7 Å². The fourth-order valence-corrected chi connectivity index (χ4v) is 2.78. The van der Waals surface area contributed by atoms with Gasteiger partial charge in [-0.2, -0.15) is 0 Å². The van der Waals surface area contributed by atoms with Gasteiger partial charge in [0.25, 0.3) is 0 Å². The van der Waals surface area contributed by atoms with Crippen molar-refractivity contribution in [2.45, 2.75) is 32.4 Å². The lowest BCUT2D eigenvalue weighted by Crippen LogP contribution is -2.42. The number of aliphatic carboxylic acids is 1. The zero-order valence-electron chi connectivity index (χ0n) is 9.90. The lowest BCUT2D eigenvalue weighted by Gasteiger charge is -2.15. The Labute approximate surface area is 118 Å². The van der Waals surface area contributed by atoms with Crippen LogP contribution in [0.15, 0.2) is 15.9 Å². The van der Waals surface area contributed by atoms with Gasteiger partial charge in [-0.05, 0) is 34.5 Å². The van der Waals surface area contributed by atoms with Crippen LogP contribution in [-0.4, -0.2) is 23.1 Å². The van der Waals surface area contributed by atoms with Crippen LogP contribution in [0.4, 0.5) is 4.79 Å². The van der Waals surface area contributed by atoms with Gasteiger partial charge in [0, 0.05) is 10.9 Å². The van der Waals surface area contributed by atoms with Crippen molar-refractivity contribution in [3.8, 4) is 0 Å². The smallest absolute Gasteiger partial charge is 0.315 e. The number of carbonyl (C=O) groups is 2. The zero-order valence-corrected chi connectivity index (χ0v) is 12.3. The molecule has 18 heavy (non-hydrogen) atoms. The number of rotatable bonds is 6. The van der Waals surface area contributed by atoms with Gasteiger partial charge in [0.2, 0.25) is 0 Å². The van der Waals surface area contributed by atoms with Gasteiger partial charge in [-0.1, -0.05) is 6.92 Å². The predicted molar refractivity (Wildman–Crippen MR) is 73.7 cm³/mol. The van der Waals surface area contributed by atoms with E-state index in [1.807, 2.05) is 19.1 Å². The standard InChI is InChI=1S/C11H15BrN2O3S/c1-2-7(5-10(15)16)14-11(17)13-6-8-3-4-9(12)18-8/h3-4,7H,2,5-6H2,1H3,(H,15,16)(H2,13,14,17). The van der Waals surface area contributed by atoms with Crippen LogP contribution in [0.1, 0.15) is 24.6 Å². The average molecular weight is 335 g/mol. The minimum Gasteiger partial charge on any atom is -0.481 e. The maximum absolute atomic E-state index is 11.6. The van der Waals surface area contributed by atoms with Gasteiger partial charge in [-0.3, -0.25) is 4.79 Å². The third kappa shape index (κ3) is 5.50. The van der Waals surface area contributed by atoms with Gasteiger partial charge < -0.3 is 15.7 Å². The first-order valence-electron chi connectivity index (χ1n) is 5.51. The molecule has 7 heteroatoms. The number of carboxylic acid groups (broad SMARTS) is 1. The molecule has 0 aromatic carbocycles. The summed E-state index contributed by atoms with van der Waals surface area (Å²) in [6, 6.07) is 3.16. The Bertz CT molecular complexity index is 422. The Balaban J connectivity index is 2.34. The molecule has 5 nitrogen and oxygen atoms in total. The van der Waals surface area contributed by atoms with Crippen molar-refractivity contribution in [3.63, 3.8) is 0 Å². The second-order valence-corrected chi connectivity index (χ2v) is 6.28. The molecule has 0 saturated heterocycles. The van der Waals surface area contributed by atoms with Gasteiger partial charge in [0.15, 0.2) is 0 Å². The summed E-state index contributed by atoms with van der Waals surface area (Å²) < 4.78 is 1.01. The van der Waals surface area contributed by atoms with E-state index in [2.05, 4.69) is 26.6 Å². The second kappa shape index (κ2) is 7.38. The van der Waals surface area contributed by atoms with Crippen molar-refractivity contribution >= 4 is 39.3 Å². The van der Waals surface area contributed by atoms with Crippen LogP contribution in [0.2, 0.25) is 0 Å². The summed E-state index contributed by atoms with van der Waals surface area (Å²) in [6.45, 7) is 2.27. The van der Waals surface area contributed by atoms with E-state index in [1.165, 1.54) is 0 Å². The van der Waals surface area contributed by atoms with Crippen LogP contribution in [-0.2, 0) is 11.3 Å². The van der Waals surface area contributed by atoms with Crippen molar-refractivity contribution in [1.82, 2.24) is 10.6 Å². The Hall–Kier alpha value is -1.08. The van der Waals surface area contributed by atoms with E-state index >= 15 is 0 Å². The summed E-state index contributed by atoms with van der Waals surface area (Å²) in [7, 11) is 0. The Morgan fingerprint density at radius 1 is 1.50 bits per heavy atom. The van der Waals surface area contributed by atoms with Crippen LogP contribution in [0.5, 0.6) is 0 Å². The summed E-state index contributed by atoms with van der Waals surface area (Å²) in [5, 5.41) is 14.0. The Kier molecular flexibility index (Phi) is 6.14. The normalized spacial score (nSPS) is 11.9. The Morgan fingerprint density at radius 2 is 2.22 bits per heavy atom. The molecule has 1 aromatic heterocycles. The minimum atomic E-state index is -0.913. The molecule has 3 N–H and O–H groups in total. The maximum Gasteiger partial charge on any atom is 0.315 e. The summed E-state index contributed by atoms with van der Waals surface area (Å²) in [4.78, 5) is 23.1. The topological polar surface area (TPSA) is 78.4 Å². The SMILES string of the molecule is CCC(CC(=O)O)NC(=O)NCc1ccc(Br)s1. The highest BCUT2D eigenvalue weighted by molar-refractivity contribution is 9.11. The number of nitrogens with one attached hydrogen (secondary N) is 2. The molecule has 1 aromatic rings. The van der Waals surface area contributed by atoms with Crippen molar-refractivity contribution in [2.24, 2.45) is 0 Å². The molecule has 0 aliphatic carbocycles. The molecular formula is C11H15BrN2O3S. The largest absolute Gasteiger partial charge is 0.481 e. The maximum atomic E-state index is 11.6. The molecule has 1 unspecified atom stereocenters. The van der Waals surface area contributed by atoms with Crippen LogP contribution in [0.3, 0.4) is 0 Å². The number of thiophene rings is 1. The van der Waals surface area contributed by atoms with Gasteiger partial charge in [-0.15, -0.1) is 11.3 Å². The lowest BCUT2D eigenvalue weighted by atomic mass is 10.1. The van der Waals surface area contributed by atoms with E-state index < -0.39 is 5.97 Å². The van der Waals surface area contributed by atoms with E-state index in [-0.39, 0.29) is 18.5 Å². The monoisotopic (exact) mass is 334 g/mol. The van der Waals surface area contributed by atoms with Crippen molar-refractivity contribution in [2.75, 3.05) is 0 Å². The quantitative estimate of drug-likeness (QED) is 0.748. The number of carboxylic acids is 1. The highest BCUT2D eigenvalue weighted by Crippen LogP contribution is 2.21. The molecule has 0 fully saturated rings. The second-order valence-electron chi connectivity index (χ2n) is 3.74. The number of halogens is 1. The van der Waals surface area contributed by atoms with Gasteiger partial charge >= 0.3 is 12.0 Å². The number of carbonyl (C=O) groups excluding carboxylic acids is 1.